The van der Waals surface area contributed by atoms with E-state index in [1.54, 1.807) is 11.1 Å². The van der Waals surface area contributed by atoms with Crippen molar-refractivity contribution in [2.24, 2.45) is 0 Å². The number of nitrogens with one attached hydrogen (secondary N) is 1. The standard InChI is InChI=1S/C31H31N3O2/c35-30(20-19-25-12-4-1-5-13-25)34(24-27-16-8-3-9-17-27)29(22-26-14-6-2-7-15-26)31(36)33-23-28-18-10-11-21-32-28/h1-18,21,29H,19-20,22-24H2,(H,33,36)/t29-/m0/s1. The summed E-state index contributed by atoms with van der Waals surface area (Å²) in [4.78, 5) is 33.3. The molecule has 0 bridgehead atoms. The van der Waals surface area contributed by atoms with E-state index in [1.165, 1.54) is 0 Å². The number of nitrogens with zero attached hydrogens (tertiary/aromatic N) is 2. The molecule has 1 aromatic heterocycles. The molecule has 4 rings (SSSR count). The van der Waals surface area contributed by atoms with E-state index in [-0.39, 0.29) is 11.8 Å². The predicted molar refractivity (Wildman–Crippen MR) is 142 cm³/mol. The smallest absolute Gasteiger partial charge is 0.243 e. The highest BCUT2D eigenvalue weighted by Gasteiger charge is 2.30. The maximum Gasteiger partial charge on any atom is 0.243 e. The normalized spacial score (nSPS) is 11.4. The first-order chi connectivity index (χ1) is 17.7. The van der Waals surface area contributed by atoms with Crippen molar-refractivity contribution in [1.29, 1.82) is 0 Å². The zero-order chi connectivity index (χ0) is 25.0. The van der Waals surface area contributed by atoms with E-state index in [0.29, 0.717) is 32.4 Å². The molecule has 0 aliphatic rings. The molecule has 1 N–H and O–H groups in total. The molecule has 0 unspecified atom stereocenters. The van der Waals surface area contributed by atoms with Gasteiger partial charge >= 0.3 is 0 Å². The van der Waals surface area contributed by atoms with Crippen LogP contribution in [0.25, 0.3) is 0 Å². The van der Waals surface area contributed by atoms with Gasteiger partial charge in [-0.2, -0.15) is 0 Å². The van der Waals surface area contributed by atoms with Gasteiger partial charge in [-0.1, -0.05) is 97.1 Å². The lowest BCUT2D eigenvalue weighted by molar-refractivity contribution is -0.141. The lowest BCUT2D eigenvalue weighted by Crippen LogP contribution is -2.50. The number of benzene rings is 3. The van der Waals surface area contributed by atoms with E-state index in [4.69, 9.17) is 0 Å². The molecule has 0 saturated heterocycles. The number of pyridine rings is 1. The summed E-state index contributed by atoms with van der Waals surface area (Å²) in [6, 6.07) is 34.6. The van der Waals surface area contributed by atoms with Crippen LogP contribution in [-0.2, 0) is 35.5 Å². The molecule has 36 heavy (non-hydrogen) atoms. The van der Waals surface area contributed by atoms with Gasteiger partial charge in [0.15, 0.2) is 0 Å². The van der Waals surface area contributed by atoms with Crippen molar-refractivity contribution in [3.8, 4) is 0 Å². The van der Waals surface area contributed by atoms with Crippen molar-refractivity contribution in [3.05, 3.63) is 138 Å². The van der Waals surface area contributed by atoms with Crippen molar-refractivity contribution in [2.75, 3.05) is 0 Å². The fourth-order valence-electron chi connectivity index (χ4n) is 4.17. The van der Waals surface area contributed by atoms with Crippen LogP contribution in [0.15, 0.2) is 115 Å². The third kappa shape index (κ3) is 7.37. The molecular weight excluding hydrogens is 446 g/mol. The molecule has 0 fully saturated rings. The lowest BCUT2D eigenvalue weighted by atomic mass is 10.0. The number of aromatic nitrogens is 1. The van der Waals surface area contributed by atoms with Crippen molar-refractivity contribution in [1.82, 2.24) is 15.2 Å². The first-order valence-corrected chi connectivity index (χ1v) is 12.3. The maximum atomic E-state index is 13.7. The minimum atomic E-state index is -0.653. The topological polar surface area (TPSA) is 62.3 Å². The zero-order valence-corrected chi connectivity index (χ0v) is 20.3. The first-order valence-electron chi connectivity index (χ1n) is 12.3. The van der Waals surface area contributed by atoms with E-state index in [9.17, 15) is 9.59 Å². The molecule has 2 amide bonds. The molecule has 4 aromatic rings. The largest absolute Gasteiger partial charge is 0.349 e. The average molecular weight is 478 g/mol. The molecule has 3 aromatic carbocycles. The molecule has 5 heteroatoms. The van der Waals surface area contributed by atoms with E-state index in [1.807, 2.05) is 109 Å². The Labute approximate surface area is 212 Å². The Morgan fingerprint density at radius 1 is 0.722 bits per heavy atom. The van der Waals surface area contributed by atoms with Gasteiger partial charge in [-0.05, 0) is 35.2 Å². The maximum absolute atomic E-state index is 13.7. The molecule has 0 radical (unpaired) electrons. The van der Waals surface area contributed by atoms with E-state index < -0.39 is 6.04 Å². The van der Waals surface area contributed by atoms with E-state index in [0.717, 1.165) is 22.4 Å². The summed E-state index contributed by atoms with van der Waals surface area (Å²) < 4.78 is 0. The summed E-state index contributed by atoms with van der Waals surface area (Å²) in [5.41, 5.74) is 3.87. The van der Waals surface area contributed by atoms with Gasteiger partial charge in [0.25, 0.3) is 0 Å². The van der Waals surface area contributed by atoms with Gasteiger partial charge < -0.3 is 10.2 Å². The van der Waals surface area contributed by atoms with Crippen LogP contribution >= 0.6 is 0 Å². The van der Waals surface area contributed by atoms with Gasteiger partial charge in [-0.3, -0.25) is 14.6 Å². The molecule has 5 nitrogen and oxygen atoms in total. The molecule has 0 spiro atoms. The Balaban J connectivity index is 1.59. The first kappa shape index (κ1) is 24.9. The van der Waals surface area contributed by atoms with Gasteiger partial charge in [0.05, 0.1) is 12.2 Å². The second kappa shape index (κ2) is 13.0. The third-order valence-electron chi connectivity index (χ3n) is 6.11. The Bertz CT molecular complexity index is 1120. The molecule has 1 heterocycles. The van der Waals surface area contributed by atoms with Crippen LogP contribution in [0.4, 0.5) is 0 Å². The molecule has 1 atom stereocenters. The Morgan fingerprint density at radius 3 is 1.92 bits per heavy atom. The highest BCUT2D eigenvalue weighted by atomic mass is 16.2. The molecule has 0 aliphatic carbocycles. The molecule has 182 valence electrons. The van der Waals surface area contributed by atoms with Crippen molar-refractivity contribution < 1.29 is 9.59 Å². The Morgan fingerprint density at radius 2 is 1.31 bits per heavy atom. The zero-order valence-electron chi connectivity index (χ0n) is 20.3. The van der Waals surface area contributed by atoms with Gasteiger partial charge in [-0.15, -0.1) is 0 Å². The average Bonchev–Trinajstić information content (AvgIpc) is 2.94. The summed E-state index contributed by atoms with van der Waals surface area (Å²) in [7, 11) is 0. The molecule has 0 aliphatic heterocycles. The van der Waals surface area contributed by atoms with Crippen molar-refractivity contribution in [3.63, 3.8) is 0 Å². The van der Waals surface area contributed by atoms with Crippen LogP contribution in [0, 0.1) is 0 Å². The minimum Gasteiger partial charge on any atom is -0.349 e. The van der Waals surface area contributed by atoms with Crippen molar-refractivity contribution in [2.45, 2.75) is 38.4 Å². The van der Waals surface area contributed by atoms with E-state index >= 15 is 0 Å². The highest BCUT2D eigenvalue weighted by Crippen LogP contribution is 2.17. The van der Waals surface area contributed by atoms with Crippen LogP contribution < -0.4 is 5.32 Å². The number of amides is 2. The summed E-state index contributed by atoms with van der Waals surface area (Å²) >= 11 is 0. The van der Waals surface area contributed by atoms with Gasteiger partial charge in [-0.25, -0.2) is 0 Å². The number of rotatable bonds is 11. The second-order valence-corrected chi connectivity index (χ2v) is 8.74. The SMILES string of the molecule is O=C(NCc1ccccn1)[C@H](Cc1ccccc1)N(Cc1ccccc1)C(=O)CCc1ccccc1. The van der Waals surface area contributed by atoms with Crippen LogP contribution in [0.5, 0.6) is 0 Å². The number of hydrogen-bond acceptors (Lipinski definition) is 3. The van der Waals surface area contributed by atoms with Crippen LogP contribution in [0.2, 0.25) is 0 Å². The highest BCUT2D eigenvalue weighted by molar-refractivity contribution is 5.88. The van der Waals surface area contributed by atoms with Gasteiger partial charge in [0.1, 0.15) is 6.04 Å². The van der Waals surface area contributed by atoms with Crippen LogP contribution in [0.1, 0.15) is 28.8 Å². The van der Waals surface area contributed by atoms with Gasteiger partial charge in [0.2, 0.25) is 11.8 Å². The number of carbonyl (C=O) groups is 2. The van der Waals surface area contributed by atoms with Crippen molar-refractivity contribution >= 4 is 11.8 Å². The van der Waals surface area contributed by atoms with Crippen LogP contribution in [-0.4, -0.2) is 27.7 Å². The minimum absolute atomic E-state index is 0.0448. The van der Waals surface area contributed by atoms with Gasteiger partial charge in [0, 0.05) is 25.6 Å². The fourth-order valence-corrected chi connectivity index (χ4v) is 4.17. The third-order valence-corrected chi connectivity index (χ3v) is 6.11. The number of carbonyl (C=O) groups excluding carboxylic acids is 2. The Kier molecular flexibility index (Phi) is 8.98. The summed E-state index contributed by atoms with van der Waals surface area (Å²) in [5.74, 6) is -0.231. The molecule has 0 saturated carbocycles. The Hall–Kier alpha value is -4.25. The summed E-state index contributed by atoms with van der Waals surface area (Å²) in [6.45, 7) is 0.672. The predicted octanol–water partition coefficient (Wildman–Crippen LogP) is 4.97. The molecular formula is C31H31N3O2. The monoisotopic (exact) mass is 477 g/mol. The lowest BCUT2D eigenvalue weighted by Gasteiger charge is -2.31. The van der Waals surface area contributed by atoms with Crippen LogP contribution in [0.3, 0.4) is 0 Å². The van der Waals surface area contributed by atoms with E-state index in [2.05, 4.69) is 10.3 Å². The number of aryl methyl sites for hydroxylation is 1. The summed E-state index contributed by atoms with van der Waals surface area (Å²) in [5, 5.41) is 3.02. The summed E-state index contributed by atoms with van der Waals surface area (Å²) in [6.07, 6.45) is 3.09. The quantitative estimate of drug-likeness (QED) is 0.332. The second-order valence-electron chi connectivity index (χ2n) is 8.74. The fraction of sp³-hybridized carbons (Fsp3) is 0.194. The number of hydrogen-bond donors (Lipinski definition) is 1.